The maximum Gasteiger partial charge on any atom is 0.329 e. The molecule has 1 aliphatic rings. The second kappa shape index (κ2) is 8.69. The summed E-state index contributed by atoms with van der Waals surface area (Å²) < 4.78 is 2.12. The number of aromatic nitrogens is 3. The number of amides is 2. The number of carbonyl (C=O) groups excluding carboxylic acids is 1. The predicted molar refractivity (Wildman–Crippen MR) is 120 cm³/mol. The molecular formula is C24H29N5O. The van der Waals surface area contributed by atoms with E-state index < -0.39 is 0 Å². The molecule has 0 radical (unpaired) electrons. The molecule has 6 nitrogen and oxygen atoms in total. The molecule has 0 bridgehead atoms. The van der Waals surface area contributed by atoms with Crippen LogP contribution in [0.25, 0.3) is 0 Å². The van der Waals surface area contributed by atoms with Crippen molar-refractivity contribution in [2.45, 2.75) is 59.5 Å². The second-order valence-electron chi connectivity index (χ2n) is 8.12. The van der Waals surface area contributed by atoms with Gasteiger partial charge in [-0.2, -0.15) is 0 Å². The highest BCUT2D eigenvalue weighted by Gasteiger charge is 2.25. The molecule has 2 aromatic carbocycles. The van der Waals surface area contributed by atoms with Gasteiger partial charge in [-0.1, -0.05) is 42.3 Å². The maximum atomic E-state index is 13.4. The Labute approximate surface area is 177 Å². The van der Waals surface area contributed by atoms with Crippen molar-refractivity contribution in [3.63, 3.8) is 0 Å². The highest BCUT2D eigenvalue weighted by Crippen LogP contribution is 2.24. The van der Waals surface area contributed by atoms with Crippen LogP contribution in [0, 0.1) is 20.8 Å². The van der Waals surface area contributed by atoms with Gasteiger partial charge in [-0.05, 0) is 62.4 Å². The van der Waals surface area contributed by atoms with Gasteiger partial charge in [0.2, 0.25) is 5.95 Å². The molecule has 6 heteroatoms. The quantitative estimate of drug-likeness (QED) is 0.654. The number of nitrogens with zero attached hydrogens (tertiary/aromatic N) is 4. The summed E-state index contributed by atoms with van der Waals surface area (Å²) in [6, 6.07) is 13.9. The van der Waals surface area contributed by atoms with E-state index in [1.54, 1.807) is 4.90 Å². The lowest BCUT2D eigenvalue weighted by Gasteiger charge is -2.24. The summed E-state index contributed by atoms with van der Waals surface area (Å²) in [5.74, 6) is 1.59. The summed E-state index contributed by atoms with van der Waals surface area (Å²) in [7, 11) is 0. The van der Waals surface area contributed by atoms with Crippen LogP contribution >= 0.6 is 0 Å². The van der Waals surface area contributed by atoms with Crippen LogP contribution in [0.2, 0.25) is 0 Å². The molecule has 156 valence electrons. The number of nitrogens with one attached hydrogen (secondary N) is 1. The number of rotatable bonds is 4. The molecule has 2 amide bonds. The first-order valence-electron chi connectivity index (χ1n) is 10.7. The van der Waals surface area contributed by atoms with Gasteiger partial charge in [0, 0.05) is 18.7 Å². The molecule has 1 N–H and O–H groups in total. The molecule has 2 heterocycles. The Morgan fingerprint density at radius 1 is 1.03 bits per heavy atom. The molecular weight excluding hydrogens is 374 g/mol. The Morgan fingerprint density at radius 3 is 2.63 bits per heavy atom. The molecule has 3 aromatic rings. The summed E-state index contributed by atoms with van der Waals surface area (Å²) >= 11 is 0. The monoisotopic (exact) mass is 403 g/mol. The van der Waals surface area contributed by atoms with Crippen molar-refractivity contribution < 1.29 is 4.79 Å². The Bertz CT molecular complexity index is 1040. The first-order chi connectivity index (χ1) is 14.5. The van der Waals surface area contributed by atoms with Crippen LogP contribution in [0.15, 0.2) is 42.5 Å². The highest BCUT2D eigenvalue weighted by atomic mass is 16.2. The number of hydrogen-bond acceptors (Lipinski definition) is 3. The van der Waals surface area contributed by atoms with Crippen molar-refractivity contribution in [3.8, 4) is 0 Å². The highest BCUT2D eigenvalue weighted by molar-refractivity contribution is 6.00. The Balaban J connectivity index is 1.69. The van der Waals surface area contributed by atoms with Crippen molar-refractivity contribution in [1.29, 1.82) is 0 Å². The van der Waals surface area contributed by atoms with Gasteiger partial charge in [0.05, 0.1) is 6.54 Å². The molecule has 0 aliphatic carbocycles. The molecule has 0 unspecified atom stereocenters. The van der Waals surface area contributed by atoms with E-state index in [9.17, 15) is 4.79 Å². The predicted octanol–water partition coefficient (Wildman–Crippen LogP) is 5.17. The van der Waals surface area contributed by atoms with Gasteiger partial charge in [-0.25, -0.2) is 4.79 Å². The number of fused-ring (bicyclic) bond motifs is 1. The molecule has 30 heavy (non-hydrogen) atoms. The standard InChI is InChI=1S/C24H29N5O/c1-17-11-13-21(14-12-17)25-24(30)29(16-20-9-7-8-18(2)19(20)3)23-27-26-22-10-5-4-6-15-28(22)23/h7-9,11-14H,4-6,10,15-16H2,1-3H3,(H,25,30). The Kier molecular flexibility index (Phi) is 5.84. The van der Waals surface area contributed by atoms with Crippen LogP contribution in [-0.2, 0) is 19.5 Å². The summed E-state index contributed by atoms with van der Waals surface area (Å²) in [6.45, 7) is 7.52. The van der Waals surface area contributed by atoms with Crippen molar-refractivity contribution in [3.05, 3.63) is 70.5 Å². The molecule has 0 atom stereocenters. The van der Waals surface area contributed by atoms with Crippen LogP contribution in [0.1, 0.15) is 47.3 Å². The Morgan fingerprint density at radius 2 is 1.83 bits per heavy atom. The maximum absolute atomic E-state index is 13.4. The van der Waals surface area contributed by atoms with Crippen LogP contribution < -0.4 is 10.2 Å². The van der Waals surface area contributed by atoms with E-state index in [0.29, 0.717) is 12.5 Å². The van der Waals surface area contributed by atoms with Gasteiger partial charge < -0.3 is 5.32 Å². The fourth-order valence-corrected chi connectivity index (χ4v) is 3.88. The van der Waals surface area contributed by atoms with Crippen molar-refractivity contribution in [1.82, 2.24) is 14.8 Å². The minimum Gasteiger partial charge on any atom is -0.307 e. The number of benzene rings is 2. The van der Waals surface area contributed by atoms with Gasteiger partial charge in [0.25, 0.3) is 0 Å². The average molecular weight is 404 g/mol. The first kappa shape index (κ1) is 20.1. The van der Waals surface area contributed by atoms with Crippen LogP contribution in [0.5, 0.6) is 0 Å². The number of hydrogen-bond donors (Lipinski definition) is 1. The third-order valence-electron chi connectivity index (χ3n) is 5.92. The third kappa shape index (κ3) is 4.22. The van der Waals surface area contributed by atoms with Gasteiger partial charge in [-0.15, -0.1) is 10.2 Å². The Hall–Kier alpha value is -3.15. The molecule has 0 saturated carbocycles. The van der Waals surface area contributed by atoms with Crippen molar-refractivity contribution in [2.24, 2.45) is 0 Å². The molecule has 0 spiro atoms. The van der Waals surface area contributed by atoms with E-state index >= 15 is 0 Å². The minimum atomic E-state index is -0.195. The number of carbonyl (C=O) groups is 1. The van der Waals surface area contributed by atoms with E-state index in [4.69, 9.17) is 0 Å². The molecule has 0 saturated heterocycles. The zero-order chi connectivity index (χ0) is 21.1. The van der Waals surface area contributed by atoms with E-state index in [0.717, 1.165) is 48.4 Å². The number of anilines is 2. The van der Waals surface area contributed by atoms with Crippen LogP contribution in [0.3, 0.4) is 0 Å². The SMILES string of the molecule is Cc1ccc(NC(=O)N(Cc2cccc(C)c2C)c2nnc3n2CCCCC3)cc1. The largest absolute Gasteiger partial charge is 0.329 e. The average Bonchev–Trinajstić information content (AvgIpc) is 2.98. The van der Waals surface area contributed by atoms with Gasteiger partial charge >= 0.3 is 6.03 Å². The summed E-state index contributed by atoms with van der Waals surface area (Å²) in [5, 5.41) is 11.9. The fraction of sp³-hybridized carbons (Fsp3) is 0.375. The van der Waals surface area contributed by atoms with Crippen molar-refractivity contribution in [2.75, 3.05) is 10.2 Å². The third-order valence-corrected chi connectivity index (χ3v) is 5.92. The lowest BCUT2D eigenvalue weighted by molar-refractivity contribution is 0.256. The zero-order valence-corrected chi connectivity index (χ0v) is 18.0. The first-order valence-corrected chi connectivity index (χ1v) is 10.7. The topological polar surface area (TPSA) is 63.1 Å². The van der Waals surface area contributed by atoms with Crippen LogP contribution in [-0.4, -0.2) is 20.8 Å². The van der Waals surface area contributed by atoms with Gasteiger partial charge in [-0.3, -0.25) is 9.47 Å². The lowest BCUT2D eigenvalue weighted by atomic mass is 10.0. The smallest absolute Gasteiger partial charge is 0.307 e. The molecule has 0 fully saturated rings. The molecule has 1 aromatic heterocycles. The summed E-state index contributed by atoms with van der Waals surface area (Å²) in [5.41, 5.74) is 5.45. The van der Waals surface area contributed by atoms with E-state index in [1.165, 1.54) is 17.5 Å². The van der Waals surface area contributed by atoms with E-state index in [-0.39, 0.29) is 6.03 Å². The van der Waals surface area contributed by atoms with E-state index in [2.05, 4.69) is 46.1 Å². The summed E-state index contributed by atoms with van der Waals surface area (Å²) in [4.78, 5) is 15.1. The molecule has 1 aliphatic heterocycles. The normalized spacial score (nSPS) is 13.4. The number of urea groups is 1. The van der Waals surface area contributed by atoms with E-state index in [1.807, 2.05) is 37.3 Å². The fourth-order valence-electron chi connectivity index (χ4n) is 3.88. The van der Waals surface area contributed by atoms with Crippen LogP contribution in [0.4, 0.5) is 16.4 Å². The molecule has 4 rings (SSSR count). The summed E-state index contributed by atoms with van der Waals surface area (Å²) in [6.07, 6.45) is 4.28. The van der Waals surface area contributed by atoms with Crippen molar-refractivity contribution >= 4 is 17.7 Å². The minimum absolute atomic E-state index is 0.195. The second-order valence-corrected chi connectivity index (χ2v) is 8.12. The lowest BCUT2D eigenvalue weighted by Crippen LogP contribution is -2.37. The van der Waals surface area contributed by atoms with Gasteiger partial charge in [0.15, 0.2) is 0 Å². The van der Waals surface area contributed by atoms with Gasteiger partial charge in [0.1, 0.15) is 5.82 Å². The zero-order valence-electron chi connectivity index (χ0n) is 18.0. The number of aryl methyl sites for hydroxylation is 3.